The number of aromatic nitrogens is 1. The topological polar surface area (TPSA) is 22.0 Å². The SMILES string of the molecule is CC(=O)CC(CCc1ccccc1)c1cn(C)c2ccccc12. The van der Waals surface area contributed by atoms with Gasteiger partial charge < -0.3 is 9.36 Å². The van der Waals surface area contributed by atoms with E-state index in [4.69, 9.17) is 0 Å². The molecule has 0 saturated carbocycles. The van der Waals surface area contributed by atoms with Crippen LogP contribution in [0.3, 0.4) is 0 Å². The quantitative estimate of drug-likeness (QED) is 0.636. The van der Waals surface area contributed by atoms with Crippen molar-refractivity contribution in [1.29, 1.82) is 0 Å². The highest BCUT2D eigenvalue weighted by molar-refractivity contribution is 5.85. The van der Waals surface area contributed by atoms with Crippen LogP contribution in [0.1, 0.15) is 36.8 Å². The molecule has 118 valence electrons. The van der Waals surface area contributed by atoms with Crippen LogP contribution < -0.4 is 0 Å². The average Bonchev–Trinajstić information content (AvgIpc) is 2.90. The minimum absolute atomic E-state index is 0.260. The number of Topliss-reactive ketones (excluding diaryl/α,β-unsaturated/α-hetero) is 1. The number of rotatable bonds is 6. The van der Waals surface area contributed by atoms with Crippen LogP contribution in [0.5, 0.6) is 0 Å². The van der Waals surface area contributed by atoms with Gasteiger partial charge in [0.15, 0.2) is 0 Å². The molecular formula is C21H23NO. The zero-order valence-electron chi connectivity index (χ0n) is 13.8. The van der Waals surface area contributed by atoms with Crippen molar-refractivity contribution < 1.29 is 4.79 Å². The van der Waals surface area contributed by atoms with Crippen molar-refractivity contribution in [2.75, 3.05) is 0 Å². The number of fused-ring (bicyclic) bond motifs is 1. The van der Waals surface area contributed by atoms with Gasteiger partial charge in [0.25, 0.3) is 0 Å². The molecule has 1 heterocycles. The first-order chi connectivity index (χ1) is 11.1. The van der Waals surface area contributed by atoms with Crippen molar-refractivity contribution in [1.82, 2.24) is 4.57 Å². The first-order valence-corrected chi connectivity index (χ1v) is 8.22. The first-order valence-electron chi connectivity index (χ1n) is 8.22. The summed E-state index contributed by atoms with van der Waals surface area (Å²) < 4.78 is 2.17. The van der Waals surface area contributed by atoms with Gasteiger partial charge >= 0.3 is 0 Å². The van der Waals surface area contributed by atoms with Crippen LogP contribution in [-0.2, 0) is 18.3 Å². The van der Waals surface area contributed by atoms with E-state index in [9.17, 15) is 4.79 Å². The minimum atomic E-state index is 0.260. The zero-order valence-corrected chi connectivity index (χ0v) is 13.8. The van der Waals surface area contributed by atoms with E-state index in [1.165, 1.54) is 22.0 Å². The van der Waals surface area contributed by atoms with Crippen molar-refractivity contribution in [3.63, 3.8) is 0 Å². The van der Waals surface area contributed by atoms with Crippen molar-refractivity contribution in [2.24, 2.45) is 7.05 Å². The Balaban J connectivity index is 1.90. The molecule has 3 rings (SSSR count). The van der Waals surface area contributed by atoms with E-state index in [0.29, 0.717) is 6.42 Å². The number of benzene rings is 2. The highest BCUT2D eigenvalue weighted by Gasteiger charge is 2.18. The van der Waals surface area contributed by atoms with Crippen molar-refractivity contribution in [3.8, 4) is 0 Å². The fourth-order valence-corrected chi connectivity index (χ4v) is 3.40. The zero-order chi connectivity index (χ0) is 16.2. The second-order valence-corrected chi connectivity index (χ2v) is 6.34. The predicted molar refractivity (Wildman–Crippen MR) is 95.7 cm³/mol. The second-order valence-electron chi connectivity index (χ2n) is 6.34. The summed E-state index contributed by atoms with van der Waals surface area (Å²) in [5, 5.41) is 1.27. The predicted octanol–water partition coefficient (Wildman–Crippen LogP) is 4.87. The van der Waals surface area contributed by atoms with E-state index < -0.39 is 0 Å². The van der Waals surface area contributed by atoms with E-state index in [-0.39, 0.29) is 11.7 Å². The number of hydrogen-bond donors (Lipinski definition) is 0. The van der Waals surface area contributed by atoms with Crippen molar-refractivity contribution in [3.05, 3.63) is 71.9 Å². The molecule has 0 saturated heterocycles. The normalized spacial score (nSPS) is 12.4. The minimum Gasteiger partial charge on any atom is -0.350 e. The Morgan fingerprint density at radius 3 is 2.48 bits per heavy atom. The van der Waals surface area contributed by atoms with Gasteiger partial charge in [-0.05, 0) is 42.9 Å². The number of ketones is 1. The lowest BCUT2D eigenvalue weighted by atomic mass is 9.88. The molecule has 0 aliphatic rings. The fraction of sp³-hybridized carbons (Fsp3) is 0.286. The van der Waals surface area contributed by atoms with Gasteiger partial charge in [0.1, 0.15) is 5.78 Å². The van der Waals surface area contributed by atoms with Gasteiger partial charge in [0.2, 0.25) is 0 Å². The van der Waals surface area contributed by atoms with Gasteiger partial charge in [-0.1, -0.05) is 48.5 Å². The van der Waals surface area contributed by atoms with E-state index in [1.807, 2.05) is 6.07 Å². The standard InChI is InChI=1S/C21H23NO/c1-16(23)14-18(13-12-17-8-4-3-5-9-17)20-15-22(2)21-11-7-6-10-19(20)21/h3-11,15,18H,12-14H2,1-2H3. The molecule has 0 spiro atoms. The van der Waals surface area contributed by atoms with Gasteiger partial charge in [0.05, 0.1) is 0 Å². The summed E-state index contributed by atoms with van der Waals surface area (Å²) in [4.78, 5) is 11.8. The fourth-order valence-electron chi connectivity index (χ4n) is 3.40. The summed E-state index contributed by atoms with van der Waals surface area (Å²) in [6.07, 6.45) is 4.81. The van der Waals surface area contributed by atoms with E-state index in [1.54, 1.807) is 6.92 Å². The van der Waals surface area contributed by atoms with Crippen LogP contribution in [0.15, 0.2) is 60.8 Å². The maximum absolute atomic E-state index is 11.8. The van der Waals surface area contributed by atoms with Crippen molar-refractivity contribution >= 4 is 16.7 Å². The number of aryl methyl sites for hydroxylation is 2. The average molecular weight is 305 g/mol. The highest BCUT2D eigenvalue weighted by atomic mass is 16.1. The van der Waals surface area contributed by atoms with Crippen LogP contribution in [0.2, 0.25) is 0 Å². The molecule has 0 bridgehead atoms. The summed E-state index contributed by atoms with van der Waals surface area (Å²) in [5.41, 5.74) is 3.87. The van der Waals surface area contributed by atoms with Gasteiger partial charge in [0, 0.05) is 30.6 Å². The second kappa shape index (κ2) is 6.82. The van der Waals surface area contributed by atoms with E-state index in [2.05, 4.69) is 66.3 Å². The Kier molecular flexibility index (Phi) is 4.61. The number of nitrogens with zero attached hydrogens (tertiary/aromatic N) is 1. The molecule has 1 unspecified atom stereocenters. The van der Waals surface area contributed by atoms with Crippen LogP contribution in [0.25, 0.3) is 10.9 Å². The molecule has 1 aromatic heterocycles. The smallest absolute Gasteiger partial charge is 0.130 e. The summed E-state index contributed by atoms with van der Waals surface area (Å²) in [6, 6.07) is 19.0. The van der Waals surface area contributed by atoms with Crippen LogP contribution >= 0.6 is 0 Å². The number of hydrogen-bond acceptors (Lipinski definition) is 1. The lowest BCUT2D eigenvalue weighted by Crippen LogP contribution is -2.06. The maximum Gasteiger partial charge on any atom is 0.130 e. The van der Waals surface area contributed by atoms with Gasteiger partial charge in [-0.2, -0.15) is 0 Å². The van der Waals surface area contributed by atoms with Gasteiger partial charge in [-0.15, -0.1) is 0 Å². The Morgan fingerprint density at radius 2 is 1.74 bits per heavy atom. The first kappa shape index (κ1) is 15.5. The Labute approximate surface area is 137 Å². The van der Waals surface area contributed by atoms with Crippen molar-refractivity contribution in [2.45, 2.75) is 32.1 Å². The number of carbonyl (C=O) groups is 1. The maximum atomic E-state index is 11.8. The highest BCUT2D eigenvalue weighted by Crippen LogP contribution is 2.32. The Bertz CT molecular complexity index is 801. The summed E-state index contributed by atoms with van der Waals surface area (Å²) >= 11 is 0. The molecule has 1 atom stereocenters. The van der Waals surface area contributed by atoms with Gasteiger partial charge in [-0.25, -0.2) is 0 Å². The summed E-state index contributed by atoms with van der Waals surface area (Å²) in [7, 11) is 2.08. The number of para-hydroxylation sites is 1. The molecule has 2 aromatic carbocycles. The molecule has 0 aliphatic carbocycles. The molecule has 0 aliphatic heterocycles. The molecule has 3 aromatic rings. The molecule has 2 heteroatoms. The third kappa shape index (κ3) is 3.53. The molecule has 0 N–H and O–H groups in total. The molecule has 23 heavy (non-hydrogen) atoms. The largest absolute Gasteiger partial charge is 0.350 e. The molecule has 0 fully saturated rings. The molecule has 2 nitrogen and oxygen atoms in total. The third-order valence-corrected chi connectivity index (χ3v) is 4.53. The summed E-state index contributed by atoms with van der Waals surface area (Å²) in [5.74, 6) is 0.537. The third-order valence-electron chi connectivity index (χ3n) is 4.53. The molecular weight excluding hydrogens is 282 g/mol. The van der Waals surface area contributed by atoms with E-state index >= 15 is 0 Å². The Hall–Kier alpha value is -2.35. The monoisotopic (exact) mass is 305 g/mol. The Morgan fingerprint density at radius 1 is 1.04 bits per heavy atom. The lowest BCUT2D eigenvalue weighted by Gasteiger charge is -2.15. The summed E-state index contributed by atoms with van der Waals surface area (Å²) in [6.45, 7) is 1.70. The number of carbonyl (C=O) groups excluding carboxylic acids is 1. The molecule has 0 radical (unpaired) electrons. The van der Waals surface area contributed by atoms with Crippen LogP contribution in [0, 0.1) is 0 Å². The van der Waals surface area contributed by atoms with Crippen LogP contribution in [0.4, 0.5) is 0 Å². The van der Waals surface area contributed by atoms with Crippen LogP contribution in [-0.4, -0.2) is 10.4 Å². The lowest BCUT2D eigenvalue weighted by molar-refractivity contribution is -0.117. The van der Waals surface area contributed by atoms with Gasteiger partial charge in [-0.3, -0.25) is 0 Å². The molecule has 0 amide bonds. The van der Waals surface area contributed by atoms with E-state index in [0.717, 1.165) is 12.8 Å².